The van der Waals surface area contributed by atoms with Gasteiger partial charge in [-0.1, -0.05) is 33.6 Å². The molecule has 0 aliphatic rings. The number of nitrogens with one attached hydrogen (secondary N) is 1. The van der Waals surface area contributed by atoms with E-state index in [1.165, 1.54) is 6.21 Å². The van der Waals surface area contributed by atoms with E-state index in [4.69, 9.17) is 11.6 Å². The zero-order valence-electron chi connectivity index (χ0n) is 11.4. The van der Waals surface area contributed by atoms with Crippen molar-refractivity contribution in [3.8, 4) is 5.75 Å². The molecule has 0 spiro atoms. The summed E-state index contributed by atoms with van der Waals surface area (Å²) in [7, 11) is 0. The molecule has 0 heterocycles. The molecule has 0 radical (unpaired) electrons. The maximum Gasteiger partial charge on any atom is 0.272 e. The molecule has 114 valence electrons. The Labute approximate surface area is 149 Å². The van der Waals surface area contributed by atoms with Gasteiger partial charge in [0.25, 0.3) is 5.91 Å². The summed E-state index contributed by atoms with van der Waals surface area (Å²) < 4.78 is 1.29. The van der Waals surface area contributed by atoms with Gasteiger partial charge in [0.2, 0.25) is 0 Å². The maximum atomic E-state index is 12.0. The molecule has 4 nitrogen and oxygen atoms in total. The monoisotopic (exact) mass is 444 g/mol. The second kappa shape index (κ2) is 7.26. The average Bonchev–Trinajstić information content (AvgIpc) is 2.43. The average molecular weight is 447 g/mol. The van der Waals surface area contributed by atoms with Crippen molar-refractivity contribution in [2.75, 3.05) is 0 Å². The molecule has 2 aromatic carbocycles. The van der Waals surface area contributed by atoms with Crippen LogP contribution in [-0.4, -0.2) is 17.2 Å². The van der Waals surface area contributed by atoms with Gasteiger partial charge in [-0.25, -0.2) is 5.43 Å². The summed E-state index contributed by atoms with van der Waals surface area (Å²) in [5.41, 5.74) is 4.14. The quantitative estimate of drug-likeness (QED) is 0.533. The molecule has 2 N–H and O–H groups in total. The summed E-state index contributed by atoms with van der Waals surface area (Å²) in [6.45, 7) is 1.89. The highest BCUT2D eigenvalue weighted by Gasteiger charge is 2.10. The van der Waals surface area contributed by atoms with Gasteiger partial charge in [0.15, 0.2) is 0 Å². The Hall–Kier alpha value is -1.37. The van der Waals surface area contributed by atoms with Crippen molar-refractivity contribution in [2.24, 2.45) is 5.10 Å². The minimum absolute atomic E-state index is 0.0366. The van der Waals surface area contributed by atoms with E-state index in [2.05, 4.69) is 42.4 Å². The summed E-state index contributed by atoms with van der Waals surface area (Å²) in [4.78, 5) is 12.0. The molecular weight excluding hydrogens is 435 g/mol. The van der Waals surface area contributed by atoms with Crippen molar-refractivity contribution in [3.63, 3.8) is 0 Å². The fourth-order valence-corrected chi connectivity index (χ4v) is 3.29. The summed E-state index contributed by atoms with van der Waals surface area (Å²) in [6, 6.07) is 8.51. The van der Waals surface area contributed by atoms with Crippen LogP contribution in [0.15, 0.2) is 44.4 Å². The predicted octanol–water partition coefficient (Wildman–Crippen LogP) is 4.64. The molecule has 2 rings (SSSR count). The van der Waals surface area contributed by atoms with Crippen molar-refractivity contribution in [1.29, 1.82) is 0 Å². The van der Waals surface area contributed by atoms with Gasteiger partial charge in [0, 0.05) is 10.0 Å². The Morgan fingerprint density at radius 3 is 2.73 bits per heavy atom. The number of phenols is 1. The number of nitrogens with zero attached hydrogens (tertiary/aromatic N) is 1. The van der Waals surface area contributed by atoms with Crippen molar-refractivity contribution >= 4 is 55.6 Å². The van der Waals surface area contributed by atoms with Crippen LogP contribution in [0.1, 0.15) is 21.5 Å². The van der Waals surface area contributed by atoms with Gasteiger partial charge in [-0.05, 0) is 52.7 Å². The largest absolute Gasteiger partial charge is 0.506 e. The number of amides is 1. The molecule has 2 aromatic rings. The summed E-state index contributed by atoms with van der Waals surface area (Å²) >= 11 is 12.6. The molecule has 0 aliphatic carbocycles. The van der Waals surface area contributed by atoms with E-state index in [0.717, 1.165) is 10.0 Å². The van der Waals surface area contributed by atoms with Crippen LogP contribution in [0.5, 0.6) is 5.75 Å². The zero-order chi connectivity index (χ0) is 16.3. The lowest BCUT2D eigenvalue weighted by atomic mass is 10.1. The molecular formula is C15H11Br2ClN2O2. The van der Waals surface area contributed by atoms with Gasteiger partial charge in [-0.15, -0.1) is 0 Å². The van der Waals surface area contributed by atoms with E-state index in [9.17, 15) is 9.90 Å². The van der Waals surface area contributed by atoms with Gasteiger partial charge in [-0.3, -0.25) is 4.79 Å². The third-order valence-electron chi connectivity index (χ3n) is 2.80. The molecule has 0 aromatic heterocycles. The Balaban J connectivity index is 2.14. The molecule has 0 fully saturated rings. The lowest BCUT2D eigenvalue weighted by Crippen LogP contribution is -2.18. The lowest BCUT2D eigenvalue weighted by Gasteiger charge is -2.05. The smallest absolute Gasteiger partial charge is 0.272 e. The van der Waals surface area contributed by atoms with Crippen LogP contribution in [0.2, 0.25) is 5.02 Å². The lowest BCUT2D eigenvalue weighted by molar-refractivity contribution is 0.0955. The number of halogens is 3. The third-order valence-corrected chi connectivity index (χ3v) is 4.17. The predicted molar refractivity (Wildman–Crippen MR) is 94.8 cm³/mol. The first-order chi connectivity index (χ1) is 10.4. The van der Waals surface area contributed by atoms with Gasteiger partial charge >= 0.3 is 0 Å². The summed E-state index contributed by atoms with van der Waals surface area (Å²) in [5, 5.41) is 14.1. The number of rotatable bonds is 3. The van der Waals surface area contributed by atoms with Gasteiger partial charge < -0.3 is 5.11 Å². The normalized spacial score (nSPS) is 10.9. The van der Waals surface area contributed by atoms with Crippen molar-refractivity contribution in [1.82, 2.24) is 5.43 Å². The Bertz CT molecular complexity index is 763. The van der Waals surface area contributed by atoms with Crippen LogP contribution >= 0.6 is 43.5 Å². The minimum atomic E-state index is -0.421. The highest BCUT2D eigenvalue weighted by atomic mass is 79.9. The third kappa shape index (κ3) is 4.09. The number of hydrogen-bond donors (Lipinski definition) is 2. The molecule has 0 saturated heterocycles. The first kappa shape index (κ1) is 17.0. The van der Waals surface area contributed by atoms with E-state index in [0.29, 0.717) is 20.6 Å². The topological polar surface area (TPSA) is 61.7 Å². The summed E-state index contributed by atoms with van der Waals surface area (Å²) in [5.74, 6) is -0.385. The van der Waals surface area contributed by atoms with E-state index < -0.39 is 5.91 Å². The Morgan fingerprint density at radius 1 is 1.32 bits per heavy atom. The van der Waals surface area contributed by atoms with Crippen LogP contribution < -0.4 is 5.43 Å². The van der Waals surface area contributed by atoms with Crippen molar-refractivity contribution < 1.29 is 9.90 Å². The van der Waals surface area contributed by atoms with Crippen molar-refractivity contribution in [2.45, 2.75) is 6.92 Å². The minimum Gasteiger partial charge on any atom is -0.506 e. The Kier molecular flexibility index (Phi) is 5.61. The molecule has 0 aliphatic heterocycles. The molecule has 1 amide bonds. The van der Waals surface area contributed by atoms with Gasteiger partial charge in [0.1, 0.15) is 5.75 Å². The fraction of sp³-hybridized carbons (Fsp3) is 0.0667. The number of hydrogen-bond acceptors (Lipinski definition) is 3. The zero-order valence-corrected chi connectivity index (χ0v) is 15.3. The fourth-order valence-electron chi connectivity index (χ4n) is 1.71. The number of phenolic OH excluding ortho intramolecular Hbond substituents is 1. The van der Waals surface area contributed by atoms with E-state index >= 15 is 0 Å². The molecule has 0 saturated carbocycles. The van der Waals surface area contributed by atoms with Crippen LogP contribution in [-0.2, 0) is 0 Å². The van der Waals surface area contributed by atoms with E-state index in [-0.39, 0.29) is 5.75 Å². The molecule has 7 heteroatoms. The van der Waals surface area contributed by atoms with Crippen LogP contribution in [0, 0.1) is 6.92 Å². The highest BCUT2D eigenvalue weighted by molar-refractivity contribution is 9.11. The maximum absolute atomic E-state index is 12.0. The van der Waals surface area contributed by atoms with Gasteiger partial charge in [-0.2, -0.15) is 5.10 Å². The SMILES string of the molecule is Cc1ccc(C(=O)N/N=C\c2cc(Br)cc(Br)c2O)c(Cl)c1. The van der Waals surface area contributed by atoms with Crippen LogP contribution in [0.4, 0.5) is 0 Å². The van der Waals surface area contributed by atoms with Crippen molar-refractivity contribution in [3.05, 3.63) is 61.0 Å². The molecule has 22 heavy (non-hydrogen) atoms. The van der Waals surface area contributed by atoms with E-state index in [1.54, 1.807) is 30.3 Å². The van der Waals surface area contributed by atoms with Crippen LogP contribution in [0.25, 0.3) is 0 Å². The molecule has 0 unspecified atom stereocenters. The second-order valence-corrected chi connectivity index (χ2v) is 6.69. The summed E-state index contributed by atoms with van der Waals surface area (Å²) in [6.07, 6.45) is 1.35. The molecule has 0 atom stereocenters. The van der Waals surface area contributed by atoms with E-state index in [1.807, 2.05) is 6.92 Å². The number of carbonyl (C=O) groups is 1. The molecule has 0 bridgehead atoms. The second-order valence-electron chi connectivity index (χ2n) is 4.51. The highest BCUT2D eigenvalue weighted by Crippen LogP contribution is 2.30. The van der Waals surface area contributed by atoms with Crippen LogP contribution in [0.3, 0.4) is 0 Å². The van der Waals surface area contributed by atoms with Gasteiger partial charge in [0.05, 0.1) is 21.3 Å². The standard InChI is InChI=1S/C15H11Br2ClN2O2/c1-8-2-3-11(13(18)4-8)15(22)20-19-7-9-5-10(16)6-12(17)14(9)21/h2-7,21H,1H3,(H,20,22)/b19-7-. The number of aromatic hydroxyl groups is 1. The number of aryl methyl sites for hydroxylation is 1. The Morgan fingerprint density at radius 2 is 2.05 bits per heavy atom. The number of hydrazone groups is 1. The number of carbonyl (C=O) groups excluding carboxylic acids is 1. The number of benzene rings is 2. The first-order valence-corrected chi connectivity index (χ1v) is 8.12. The first-order valence-electron chi connectivity index (χ1n) is 6.16.